The van der Waals surface area contributed by atoms with Gasteiger partial charge < -0.3 is 5.11 Å². The Morgan fingerprint density at radius 2 is 1.32 bits per heavy atom. The molecule has 0 heterocycles. The molecule has 8 saturated carbocycles. The van der Waals surface area contributed by atoms with Crippen molar-refractivity contribution in [3.8, 4) is 0 Å². The lowest BCUT2D eigenvalue weighted by atomic mass is 9.28. The van der Waals surface area contributed by atoms with Gasteiger partial charge in [0, 0.05) is 0 Å². The summed E-state index contributed by atoms with van der Waals surface area (Å²) in [5.41, 5.74) is 3.56. The van der Waals surface area contributed by atoms with Crippen molar-refractivity contribution in [2.24, 2.45) is 39.4 Å². The van der Waals surface area contributed by atoms with Crippen molar-refractivity contribution in [3.05, 3.63) is 35.4 Å². The number of hydrogen-bond acceptors (Lipinski definition) is 1. The Labute approximate surface area is 187 Å². The van der Waals surface area contributed by atoms with Crippen molar-refractivity contribution < 1.29 is 9.90 Å². The Morgan fingerprint density at radius 1 is 0.774 bits per heavy atom. The molecule has 31 heavy (non-hydrogen) atoms. The van der Waals surface area contributed by atoms with Crippen LogP contribution in [0.25, 0.3) is 0 Å². The third-order valence-corrected chi connectivity index (χ3v) is 11.5. The van der Waals surface area contributed by atoms with E-state index in [9.17, 15) is 9.90 Å². The monoisotopic (exact) mass is 418 g/mol. The van der Waals surface area contributed by atoms with E-state index in [1.807, 2.05) is 12.1 Å². The van der Waals surface area contributed by atoms with Crippen LogP contribution in [0.1, 0.15) is 107 Å². The molecule has 0 aliphatic heterocycles. The molecule has 0 spiro atoms. The second-order valence-electron chi connectivity index (χ2n) is 14.3. The van der Waals surface area contributed by atoms with Crippen LogP contribution in [-0.4, -0.2) is 11.1 Å². The number of rotatable bonds is 3. The summed E-state index contributed by atoms with van der Waals surface area (Å²) in [6.45, 7) is 5.16. The van der Waals surface area contributed by atoms with Gasteiger partial charge in [0.15, 0.2) is 0 Å². The summed E-state index contributed by atoms with van der Waals surface area (Å²) in [5, 5.41) is 10.1. The largest absolute Gasteiger partial charge is 0.478 e. The molecule has 0 saturated heterocycles. The van der Waals surface area contributed by atoms with Crippen LogP contribution in [0.5, 0.6) is 0 Å². The zero-order valence-electron chi connectivity index (χ0n) is 19.4. The molecule has 1 aromatic carbocycles. The standard InChI is InChI=1S/C29H38O2/c1-25-13-26(2)15-27(14-25,23-6-4-3-5-22(23)24(30)31)18-29(16-25,17-26)28-10-19-7-20(11-28)9-21(8-19)12-28/h3-6,19-21H,7-18H2,1-2H3,(H,30,31). The van der Waals surface area contributed by atoms with Gasteiger partial charge in [0.05, 0.1) is 5.56 Å². The fourth-order valence-electron chi connectivity index (χ4n) is 12.4. The van der Waals surface area contributed by atoms with Crippen LogP contribution in [0.15, 0.2) is 24.3 Å². The average Bonchev–Trinajstić information content (AvgIpc) is 2.64. The summed E-state index contributed by atoms with van der Waals surface area (Å²) >= 11 is 0. The summed E-state index contributed by atoms with van der Waals surface area (Å²) in [4.78, 5) is 12.3. The first-order chi connectivity index (χ1) is 14.7. The normalized spacial score (nSPS) is 53.8. The zero-order chi connectivity index (χ0) is 21.3. The van der Waals surface area contributed by atoms with Gasteiger partial charge in [0.2, 0.25) is 0 Å². The summed E-state index contributed by atoms with van der Waals surface area (Å²) in [7, 11) is 0. The number of carbonyl (C=O) groups is 1. The number of hydrogen-bond donors (Lipinski definition) is 1. The Kier molecular flexibility index (Phi) is 3.46. The molecule has 0 radical (unpaired) electrons. The Hall–Kier alpha value is -1.31. The molecule has 2 nitrogen and oxygen atoms in total. The maximum absolute atomic E-state index is 12.3. The highest BCUT2D eigenvalue weighted by molar-refractivity contribution is 5.90. The van der Waals surface area contributed by atoms with Gasteiger partial charge in [0.25, 0.3) is 0 Å². The minimum atomic E-state index is -0.731. The highest BCUT2D eigenvalue weighted by Crippen LogP contribution is 2.81. The first-order valence-corrected chi connectivity index (χ1v) is 13.0. The van der Waals surface area contributed by atoms with Crippen LogP contribution in [0.3, 0.4) is 0 Å². The van der Waals surface area contributed by atoms with Crippen LogP contribution >= 0.6 is 0 Å². The fourth-order valence-corrected chi connectivity index (χ4v) is 12.4. The van der Waals surface area contributed by atoms with E-state index in [-0.39, 0.29) is 5.41 Å². The Morgan fingerprint density at radius 3 is 1.87 bits per heavy atom. The molecular weight excluding hydrogens is 380 g/mol. The SMILES string of the molecule is CC12CC3(C)CC(c4ccccc4C(=O)O)(C1)CC(C14CC5CC(CC(C5)C1)C4)(C2)C3. The summed E-state index contributed by atoms with van der Waals surface area (Å²) in [5.74, 6) is 2.23. The molecule has 8 aliphatic carbocycles. The molecule has 1 N–H and O–H groups in total. The molecule has 1 aromatic rings. The molecule has 2 atom stereocenters. The Balaban J connectivity index is 1.41. The molecule has 8 fully saturated rings. The highest BCUT2D eigenvalue weighted by atomic mass is 16.4. The van der Waals surface area contributed by atoms with Gasteiger partial charge in [-0.1, -0.05) is 32.0 Å². The lowest BCUT2D eigenvalue weighted by Crippen LogP contribution is -2.68. The van der Waals surface area contributed by atoms with Crippen molar-refractivity contribution in [3.63, 3.8) is 0 Å². The first kappa shape index (κ1) is 19.2. The van der Waals surface area contributed by atoms with Crippen molar-refractivity contribution in [1.82, 2.24) is 0 Å². The van der Waals surface area contributed by atoms with E-state index in [0.717, 1.165) is 17.8 Å². The lowest BCUT2D eigenvalue weighted by molar-refractivity contribution is -0.246. The number of benzene rings is 1. The maximum atomic E-state index is 12.3. The van der Waals surface area contributed by atoms with Gasteiger partial charge in [-0.3, -0.25) is 0 Å². The predicted molar refractivity (Wildman–Crippen MR) is 122 cm³/mol. The van der Waals surface area contributed by atoms with Crippen molar-refractivity contribution in [1.29, 1.82) is 0 Å². The second kappa shape index (κ2) is 5.60. The lowest BCUT2D eigenvalue weighted by Gasteiger charge is -2.76. The third-order valence-electron chi connectivity index (χ3n) is 11.5. The van der Waals surface area contributed by atoms with Crippen LogP contribution < -0.4 is 0 Å². The Bertz CT molecular complexity index is 919. The van der Waals surface area contributed by atoms with E-state index in [4.69, 9.17) is 0 Å². The first-order valence-electron chi connectivity index (χ1n) is 13.0. The molecule has 2 heteroatoms. The number of carboxylic acids is 1. The van der Waals surface area contributed by atoms with Gasteiger partial charge in [-0.05, 0) is 134 Å². The third kappa shape index (κ3) is 2.43. The van der Waals surface area contributed by atoms with E-state index in [1.54, 1.807) is 0 Å². The minimum Gasteiger partial charge on any atom is -0.478 e. The van der Waals surface area contributed by atoms with Gasteiger partial charge in [-0.2, -0.15) is 0 Å². The second-order valence-corrected chi connectivity index (χ2v) is 14.3. The van der Waals surface area contributed by atoms with Gasteiger partial charge in [-0.25, -0.2) is 4.79 Å². The minimum absolute atomic E-state index is 0.0660. The summed E-state index contributed by atoms with van der Waals surface area (Å²) in [6, 6.07) is 8.09. The highest BCUT2D eigenvalue weighted by Gasteiger charge is 2.72. The molecule has 0 aromatic heterocycles. The molecule has 2 unspecified atom stereocenters. The van der Waals surface area contributed by atoms with Gasteiger partial charge in [-0.15, -0.1) is 0 Å². The van der Waals surface area contributed by atoms with E-state index in [2.05, 4.69) is 26.0 Å². The van der Waals surface area contributed by atoms with Crippen LogP contribution in [0.4, 0.5) is 0 Å². The molecule has 8 bridgehead atoms. The predicted octanol–water partition coefficient (Wildman–Crippen LogP) is 7.22. The van der Waals surface area contributed by atoms with E-state index < -0.39 is 5.97 Å². The quantitative estimate of drug-likeness (QED) is 0.562. The number of aromatic carboxylic acids is 1. The zero-order valence-corrected chi connectivity index (χ0v) is 19.4. The molecule has 8 aliphatic rings. The van der Waals surface area contributed by atoms with Crippen LogP contribution in [-0.2, 0) is 5.41 Å². The summed E-state index contributed by atoms with van der Waals surface area (Å²) < 4.78 is 0. The van der Waals surface area contributed by atoms with E-state index in [0.29, 0.717) is 27.2 Å². The smallest absolute Gasteiger partial charge is 0.335 e. The topological polar surface area (TPSA) is 37.3 Å². The van der Waals surface area contributed by atoms with Crippen LogP contribution in [0.2, 0.25) is 0 Å². The molecular formula is C29H38O2. The maximum Gasteiger partial charge on any atom is 0.335 e. The van der Waals surface area contributed by atoms with Crippen molar-refractivity contribution in [2.45, 2.75) is 96.3 Å². The molecule has 166 valence electrons. The molecule has 9 rings (SSSR count). The fraction of sp³-hybridized carbons (Fsp3) is 0.759. The molecule has 0 amide bonds. The summed E-state index contributed by atoms with van der Waals surface area (Å²) in [6.07, 6.45) is 16.8. The van der Waals surface area contributed by atoms with E-state index >= 15 is 0 Å². The van der Waals surface area contributed by atoms with Gasteiger partial charge in [0.1, 0.15) is 0 Å². The van der Waals surface area contributed by atoms with Crippen molar-refractivity contribution >= 4 is 5.97 Å². The van der Waals surface area contributed by atoms with Crippen LogP contribution in [0, 0.1) is 39.4 Å². The van der Waals surface area contributed by atoms with Gasteiger partial charge >= 0.3 is 5.97 Å². The van der Waals surface area contributed by atoms with E-state index in [1.165, 1.54) is 82.6 Å². The average molecular weight is 419 g/mol. The number of carboxylic acid groups (broad SMARTS) is 1. The van der Waals surface area contributed by atoms with Crippen molar-refractivity contribution in [2.75, 3.05) is 0 Å².